The first-order valence-electron chi connectivity index (χ1n) is 7.18. The summed E-state index contributed by atoms with van der Waals surface area (Å²) in [6.45, 7) is 2.36. The number of amides is 1. The maximum atomic E-state index is 12.3. The number of sulfonamides is 1. The van der Waals surface area contributed by atoms with Crippen molar-refractivity contribution in [2.24, 2.45) is 5.92 Å². The summed E-state index contributed by atoms with van der Waals surface area (Å²) in [6, 6.07) is 4.77. The van der Waals surface area contributed by atoms with Crippen LogP contribution in [0.1, 0.15) is 18.4 Å². The zero-order chi connectivity index (χ0) is 14.9. The van der Waals surface area contributed by atoms with Crippen LogP contribution in [0.3, 0.4) is 0 Å². The predicted octanol–water partition coefficient (Wildman–Crippen LogP) is 0.459. The van der Waals surface area contributed by atoms with Crippen molar-refractivity contribution >= 4 is 21.6 Å². The number of benzene rings is 1. The fraction of sp³-hybridized carbons (Fsp3) is 0.500. The van der Waals surface area contributed by atoms with Crippen LogP contribution in [-0.2, 0) is 21.2 Å². The molecule has 7 heteroatoms. The van der Waals surface area contributed by atoms with Gasteiger partial charge in [0.1, 0.15) is 0 Å². The zero-order valence-electron chi connectivity index (χ0n) is 11.7. The predicted molar refractivity (Wildman–Crippen MR) is 79.6 cm³/mol. The molecule has 1 amide bonds. The van der Waals surface area contributed by atoms with Crippen molar-refractivity contribution in [2.45, 2.75) is 24.2 Å². The minimum Gasteiger partial charge on any atom is -0.326 e. The first kappa shape index (κ1) is 14.5. The Hall–Kier alpha value is -1.44. The standard InChI is InChI=1S/C14H19N3O3S/c18-14-8-11-7-12(1-2-13(11)17-14)21(19,20)16-9-10-3-5-15-6-4-10/h1-2,7,10,15-16H,3-6,8-9H2,(H,17,18). The lowest BCUT2D eigenvalue weighted by Crippen LogP contribution is -2.35. The summed E-state index contributed by atoms with van der Waals surface area (Å²) >= 11 is 0. The van der Waals surface area contributed by atoms with E-state index in [1.165, 1.54) is 6.07 Å². The normalized spacial score (nSPS) is 19.3. The van der Waals surface area contributed by atoms with Gasteiger partial charge in [-0.15, -0.1) is 0 Å². The van der Waals surface area contributed by atoms with Crippen LogP contribution < -0.4 is 15.4 Å². The number of carbonyl (C=O) groups is 1. The maximum Gasteiger partial charge on any atom is 0.240 e. The average Bonchev–Trinajstić information content (AvgIpc) is 2.85. The van der Waals surface area contributed by atoms with E-state index in [1.54, 1.807) is 12.1 Å². The number of carbonyl (C=O) groups excluding carboxylic acids is 1. The van der Waals surface area contributed by atoms with Gasteiger partial charge in [0.15, 0.2) is 0 Å². The van der Waals surface area contributed by atoms with Crippen molar-refractivity contribution in [2.75, 3.05) is 25.0 Å². The van der Waals surface area contributed by atoms with E-state index in [9.17, 15) is 13.2 Å². The topological polar surface area (TPSA) is 87.3 Å². The Morgan fingerprint density at radius 2 is 2.00 bits per heavy atom. The van der Waals surface area contributed by atoms with Crippen LogP contribution in [0, 0.1) is 5.92 Å². The Balaban J connectivity index is 1.70. The van der Waals surface area contributed by atoms with Gasteiger partial charge >= 0.3 is 0 Å². The molecule has 1 fully saturated rings. The molecule has 0 spiro atoms. The van der Waals surface area contributed by atoms with Crippen molar-refractivity contribution < 1.29 is 13.2 Å². The van der Waals surface area contributed by atoms with E-state index >= 15 is 0 Å². The van der Waals surface area contributed by atoms with Crippen LogP contribution in [0.5, 0.6) is 0 Å². The Bertz CT molecular complexity index is 651. The first-order chi connectivity index (χ1) is 10.0. The van der Waals surface area contributed by atoms with Gasteiger partial charge in [-0.05, 0) is 55.6 Å². The second kappa shape index (κ2) is 5.75. The van der Waals surface area contributed by atoms with Crippen LogP contribution in [0.25, 0.3) is 0 Å². The van der Waals surface area contributed by atoms with Crippen molar-refractivity contribution in [3.8, 4) is 0 Å². The van der Waals surface area contributed by atoms with Gasteiger partial charge in [-0.2, -0.15) is 0 Å². The number of rotatable bonds is 4. The number of hydrogen-bond acceptors (Lipinski definition) is 4. The smallest absolute Gasteiger partial charge is 0.240 e. The van der Waals surface area contributed by atoms with Crippen LogP contribution in [0.4, 0.5) is 5.69 Å². The summed E-state index contributed by atoms with van der Waals surface area (Å²) in [4.78, 5) is 11.5. The van der Waals surface area contributed by atoms with E-state index in [2.05, 4.69) is 15.4 Å². The van der Waals surface area contributed by atoms with Gasteiger partial charge in [-0.1, -0.05) is 0 Å². The Labute approximate surface area is 124 Å². The number of piperidine rings is 1. The summed E-state index contributed by atoms with van der Waals surface area (Å²) in [5, 5.41) is 5.96. The van der Waals surface area contributed by atoms with Crippen molar-refractivity contribution in [3.63, 3.8) is 0 Å². The molecule has 3 N–H and O–H groups in total. The van der Waals surface area contributed by atoms with E-state index in [0.717, 1.165) is 31.5 Å². The number of fused-ring (bicyclic) bond motifs is 1. The Kier molecular flexibility index (Phi) is 3.97. The van der Waals surface area contributed by atoms with Gasteiger partial charge in [0.05, 0.1) is 11.3 Å². The minimum absolute atomic E-state index is 0.0952. The van der Waals surface area contributed by atoms with E-state index in [-0.39, 0.29) is 17.2 Å². The highest BCUT2D eigenvalue weighted by atomic mass is 32.2. The molecule has 0 aliphatic carbocycles. The van der Waals surface area contributed by atoms with E-state index in [0.29, 0.717) is 18.2 Å². The summed E-state index contributed by atoms with van der Waals surface area (Å²) in [7, 11) is -3.51. The first-order valence-corrected chi connectivity index (χ1v) is 8.66. The molecule has 6 nitrogen and oxygen atoms in total. The van der Waals surface area contributed by atoms with Gasteiger partial charge in [0, 0.05) is 12.2 Å². The highest BCUT2D eigenvalue weighted by Gasteiger charge is 2.23. The third-order valence-corrected chi connectivity index (χ3v) is 5.45. The monoisotopic (exact) mass is 309 g/mol. The summed E-state index contributed by atoms with van der Waals surface area (Å²) in [5.74, 6) is 0.293. The van der Waals surface area contributed by atoms with E-state index in [1.807, 2.05) is 0 Å². The Morgan fingerprint density at radius 3 is 2.76 bits per heavy atom. The van der Waals surface area contributed by atoms with E-state index < -0.39 is 10.0 Å². The summed E-state index contributed by atoms with van der Waals surface area (Å²) < 4.78 is 27.3. The second-order valence-corrected chi connectivity index (χ2v) is 7.36. The van der Waals surface area contributed by atoms with E-state index in [4.69, 9.17) is 0 Å². The lowest BCUT2D eigenvalue weighted by atomic mass is 9.99. The van der Waals surface area contributed by atoms with Gasteiger partial charge in [0.25, 0.3) is 0 Å². The van der Waals surface area contributed by atoms with Gasteiger partial charge in [0.2, 0.25) is 15.9 Å². The minimum atomic E-state index is -3.51. The van der Waals surface area contributed by atoms with Crippen LogP contribution in [0.15, 0.2) is 23.1 Å². The van der Waals surface area contributed by atoms with Crippen molar-refractivity contribution in [3.05, 3.63) is 23.8 Å². The summed E-state index contributed by atoms with van der Waals surface area (Å²) in [6.07, 6.45) is 2.23. The van der Waals surface area contributed by atoms with Crippen molar-refractivity contribution in [1.82, 2.24) is 10.0 Å². The number of nitrogens with one attached hydrogen (secondary N) is 3. The van der Waals surface area contributed by atoms with Gasteiger partial charge in [-0.25, -0.2) is 13.1 Å². The molecule has 3 rings (SSSR count). The number of anilines is 1. The van der Waals surface area contributed by atoms with Gasteiger partial charge < -0.3 is 10.6 Å². The average molecular weight is 309 g/mol. The maximum absolute atomic E-state index is 12.3. The molecule has 0 unspecified atom stereocenters. The second-order valence-electron chi connectivity index (χ2n) is 5.59. The SMILES string of the molecule is O=C1Cc2cc(S(=O)(=O)NCC3CCNCC3)ccc2N1. The highest BCUT2D eigenvalue weighted by Crippen LogP contribution is 2.25. The lowest BCUT2D eigenvalue weighted by molar-refractivity contribution is -0.115. The molecule has 1 aromatic rings. The lowest BCUT2D eigenvalue weighted by Gasteiger charge is -2.22. The quantitative estimate of drug-likeness (QED) is 0.754. The molecular formula is C14H19N3O3S. The largest absolute Gasteiger partial charge is 0.326 e. The molecule has 2 aliphatic heterocycles. The molecule has 0 bridgehead atoms. The molecule has 0 radical (unpaired) electrons. The van der Waals surface area contributed by atoms with Crippen LogP contribution >= 0.6 is 0 Å². The molecule has 2 aliphatic rings. The highest BCUT2D eigenvalue weighted by molar-refractivity contribution is 7.89. The van der Waals surface area contributed by atoms with Gasteiger partial charge in [-0.3, -0.25) is 4.79 Å². The summed E-state index contributed by atoms with van der Waals surface area (Å²) in [5.41, 5.74) is 1.45. The molecule has 21 heavy (non-hydrogen) atoms. The fourth-order valence-corrected chi connectivity index (χ4v) is 3.94. The molecule has 2 heterocycles. The zero-order valence-corrected chi connectivity index (χ0v) is 12.5. The molecule has 0 atom stereocenters. The number of hydrogen-bond donors (Lipinski definition) is 3. The molecule has 1 aromatic carbocycles. The Morgan fingerprint density at radius 1 is 1.24 bits per heavy atom. The molecule has 0 saturated carbocycles. The third kappa shape index (κ3) is 3.25. The fourth-order valence-electron chi connectivity index (χ4n) is 2.77. The van der Waals surface area contributed by atoms with Crippen LogP contribution in [-0.4, -0.2) is 34.0 Å². The molecule has 1 saturated heterocycles. The van der Waals surface area contributed by atoms with Crippen molar-refractivity contribution in [1.29, 1.82) is 0 Å². The van der Waals surface area contributed by atoms with Crippen LogP contribution in [0.2, 0.25) is 0 Å². The molecule has 0 aromatic heterocycles. The third-order valence-electron chi connectivity index (χ3n) is 4.03. The molecular weight excluding hydrogens is 290 g/mol. The molecule has 114 valence electrons.